The van der Waals surface area contributed by atoms with Gasteiger partial charge in [0.15, 0.2) is 6.10 Å². The second kappa shape index (κ2) is 64.3. The molecular formula is C73H106O6. The molecule has 0 fully saturated rings. The van der Waals surface area contributed by atoms with Crippen LogP contribution in [0.3, 0.4) is 0 Å². The Morgan fingerprint density at radius 3 is 0.848 bits per heavy atom. The first kappa shape index (κ1) is 72.7. The zero-order valence-electron chi connectivity index (χ0n) is 49.5. The van der Waals surface area contributed by atoms with Gasteiger partial charge in [0.2, 0.25) is 0 Å². The fourth-order valence-electron chi connectivity index (χ4n) is 7.11. The highest BCUT2D eigenvalue weighted by molar-refractivity contribution is 5.72. The molecule has 434 valence electrons. The molecule has 0 heterocycles. The van der Waals surface area contributed by atoms with E-state index in [-0.39, 0.29) is 32.0 Å². The highest BCUT2D eigenvalue weighted by Crippen LogP contribution is 2.10. The van der Waals surface area contributed by atoms with Crippen LogP contribution in [-0.4, -0.2) is 37.2 Å². The zero-order chi connectivity index (χ0) is 57.1. The quantitative estimate of drug-likeness (QED) is 0.0261. The smallest absolute Gasteiger partial charge is 0.310 e. The van der Waals surface area contributed by atoms with Gasteiger partial charge in [-0.3, -0.25) is 14.4 Å². The predicted octanol–water partition coefficient (Wildman–Crippen LogP) is 21.0. The molecule has 0 aliphatic heterocycles. The molecule has 0 spiro atoms. The minimum absolute atomic E-state index is 0.0652. The molecular weight excluding hydrogens is 973 g/mol. The third-order valence-corrected chi connectivity index (χ3v) is 11.5. The van der Waals surface area contributed by atoms with Crippen molar-refractivity contribution in [1.29, 1.82) is 0 Å². The summed E-state index contributed by atoms with van der Waals surface area (Å²) in [7, 11) is 0. The van der Waals surface area contributed by atoms with Crippen molar-refractivity contribution in [2.75, 3.05) is 13.2 Å². The predicted molar refractivity (Wildman–Crippen MR) is 343 cm³/mol. The number of rotatable bonds is 51. The van der Waals surface area contributed by atoms with Crippen molar-refractivity contribution in [2.45, 2.75) is 207 Å². The molecule has 0 N–H and O–H groups in total. The molecule has 79 heavy (non-hydrogen) atoms. The van der Waals surface area contributed by atoms with E-state index in [0.29, 0.717) is 19.3 Å². The van der Waals surface area contributed by atoms with Gasteiger partial charge in [-0.2, -0.15) is 0 Å². The van der Waals surface area contributed by atoms with Crippen LogP contribution in [0.2, 0.25) is 0 Å². The molecule has 0 rings (SSSR count). The maximum Gasteiger partial charge on any atom is 0.310 e. The minimum Gasteiger partial charge on any atom is -0.462 e. The van der Waals surface area contributed by atoms with E-state index in [2.05, 4.69) is 215 Å². The largest absolute Gasteiger partial charge is 0.462 e. The van der Waals surface area contributed by atoms with Crippen LogP contribution >= 0.6 is 0 Å². The molecule has 1 unspecified atom stereocenters. The van der Waals surface area contributed by atoms with Crippen molar-refractivity contribution < 1.29 is 28.6 Å². The molecule has 0 amide bonds. The van der Waals surface area contributed by atoms with E-state index in [0.717, 1.165) is 148 Å². The summed E-state index contributed by atoms with van der Waals surface area (Å²) in [6.07, 6.45) is 101. The summed E-state index contributed by atoms with van der Waals surface area (Å²) >= 11 is 0. The maximum atomic E-state index is 12.8. The Balaban J connectivity index is 4.47. The summed E-state index contributed by atoms with van der Waals surface area (Å²) < 4.78 is 16.6. The second-order valence-electron chi connectivity index (χ2n) is 18.8. The van der Waals surface area contributed by atoms with Gasteiger partial charge in [0.1, 0.15) is 13.2 Å². The third-order valence-electron chi connectivity index (χ3n) is 11.5. The fraction of sp³-hybridized carbons (Fsp3) is 0.466. The summed E-state index contributed by atoms with van der Waals surface area (Å²) in [6, 6.07) is 0. The monoisotopic (exact) mass is 1080 g/mol. The molecule has 0 aromatic heterocycles. The Bertz CT molecular complexity index is 2010. The number of hydrogen-bond acceptors (Lipinski definition) is 6. The molecule has 0 aromatic carbocycles. The molecule has 6 heteroatoms. The van der Waals surface area contributed by atoms with Crippen LogP contribution in [0.4, 0.5) is 0 Å². The van der Waals surface area contributed by atoms with E-state index in [1.165, 1.54) is 0 Å². The first-order chi connectivity index (χ1) is 39.0. The van der Waals surface area contributed by atoms with Gasteiger partial charge in [-0.15, -0.1) is 0 Å². The Kier molecular flexibility index (Phi) is 59.2. The lowest BCUT2D eigenvalue weighted by Crippen LogP contribution is -2.30. The molecule has 0 radical (unpaired) electrons. The average Bonchev–Trinajstić information content (AvgIpc) is 3.45. The van der Waals surface area contributed by atoms with Gasteiger partial charge in [0.05, 0.1) is 6.42 Å². The van der Waals surface area contributed by atoms with E-state index < -0.39 is 18.0 Å². The van der Waals surface area contributed by atoms with Crippen molar-refractivity contribution in [1.82, 2.24) is 0 Å². The van der Waals surface area contributed by atoms with E-state index in [4.69, 9.17) is 14.2 Å². The summed E-state index contributed by atoms with van der Waals surface area (Å²) in [4.78, 5) is 38.0. The van der Waals surface area contributed by atoms with Gasteiger partial charge in [-0.25, -0.2) is 0 Å². The number of allylic oxidation sites excluding steroid dienone is 35. The summed E-state index contributed by atoms with van der Waals surface area (Å²) in [5.74, 6) is -1.21. The number of carbonyl (C=O) groups excluding carboxylic acids is 3. The molecule has 0 saturated heterocycles. The number of hydrogen-bond donors (Lipinski definition) is 0. The molecule has 0 aliphatic rings. The fourth-order valence-corrected chi connectivity index (χ4v) is 7.11. The van der Waals surface area contributed by atoms with Crippen molar-refractivity contribution in [3.8, 4) is 0 Å². The Labute approximate surface area is 482 Å². The van der Waals surface area contributed by atoms with Crippen LogP contribution in [0.1, 0.15) is 201 Å². The van der Waals surface area contributed by atoms with Gasteiger partial charge in [-0.05, 0) is 141 Å². The summed E-state index contributed by atoms with van der Waals surface area (Å²) in [5, 5.41) is 0. The van der Waals surface area contributed by atoms with Crippen LogP contribution in [0.15, 0.2) is 219 Å². The molecule has 0 bridgehead atoms. The van der Waals surface area contributed by atoms with Crippen LogP contribution in [0.25, 0.3) is 0 Å². The van der Waals surface area contributed by atoms with Crippen LogP contribution in [0, 0.1) is 0 Å². The molecule has 1 atom stereocenters. The Hall–Kier alpha value is -6.27. The third kappa shape index (κ3) is 62.5. The van der Waals surface area contributed by atoms with Gasteiger partial charge in [0, 0.05) is 12.8 Å². The topological polar surface area (TPSA) is 78.9 Å². The Morgan fingerprint density at radius 1 is 0.266 bits per heavy atom. The lowest BCUT2D eigenvalue weighted by molar-refractivity contribution is -0.166. The average molecular weight is 1080 g/mol. The van der Waals surface area contributed by atoms with E-state index in [1.54, 1.807) is 6.08 Å². The summed E-state index contributed by atoms with van der Waals surface area (Å²) in [5.41, 5.74) is 0. The Morgan fingerprint density at radius 2 is 0.519 bits per heavy atom. The first-order valence-electron chi connectivity index (χ1n) is 30.2. The van der Waals surface area contributed by atoms with Crippen molar-refractivity contribution in [3.63, 3.8) is 0 Å². The van der Waals surface area contributed by atoms with Gasteiger partial charge < -0.3 is 14.2 Å². The van der Waals surface area contributed by atoms with Crippen molar-refractivity contribution in [2.24, 2.45) is 0 Å². The highest BCUT2D eigenvalue weighted by Gasteiger charge is 2.19. The van der Waals surface area contributed by atoms with Gasteiger partial charge >= 0.3 is 17.9 Å². The number of unbranched alkanes of at least 4 members (excludes halogenated alkanes) is 5. The lowest BCUT2D eigenvalue weighted by Gasteiger charge is -2.18. The molecule has 6 nitrogen and oxygen atoms in total. The van der Waals surface area contributed by atoms with Gasteiger partial charge in [0.25, 0.3) is 0 Å². The molecule has 0 aliphatic carbocycles. The first-order valence-corrected chi connectivity index (χ1v) is 30.2. The van der Waals surface area contributed by atoms with Crippen molar-refractivity contribution in [3.05, 3.63) is 219 Å². The lowest BCUT2D eigenvalue weighted by atomic mass is 10.1. The van der Waals surface area contributed by atoms with Crippen molar-refractivity contribution >= 4 is 17.9 Å². The SMILES string of the molecule is CC/C=C\C/C=C\C/C=C\C/C=C\C/C=C\C/C=C\C/C=C\C/C=C\C/C=C\CCCCCCCC(=O)OCC(COC(=O)CC/C=C\C/C=C\C/C=C\C/C=C\CC)OC(=O)C/C=C\C/C=C\C/C=C\C/C=C\C/C=C\CC. The van der Waals surface area contributed by atoms with Crippen LogP contribution < -0.4 is 0 Å². The van der Waals surface area contributed by atoms with Crippen LogP contribution in [0.5, 0.6) is 0 Å². The zero-order valence-corrected chi connectivity index (χ0v) is 49.5. The number of ether oxygens (including phenoxy) is 3. The molecule has 0 aromatic rings. The number of esters is 3. The molecule has 0 saturated carbocycles. The van der Waals surface area contributed by atoms with E-state index in [1.807, 2.05) is 18.2 Å². The highest BCUT2D eigenvalue weighted by atomic mass is 16.6. The second-order valence-corrected chi connectivity index (χ2v) is 18.8. The minimum atomic E-state index is -0.884. The van der Waals surface area contributed by atoms with Crippen LogP contribution in [-0.2, 0) is 28.6 Å². The summed E-state index contributed by atoms with van der Waals surface area (Å²) in [6.45, 7) is 6.09. The maximum absolute atomic E-state index is 12.8. The standard InChI is InChI=1S/C73H106O6/c1-4-7-10-13-16-19-22-25-27-28-29-30-31-32-33-34-35-36-37-38-39-40-41-42-43-44-46-48-51-54-57-60-63-66-72(75)78-69-70(68-77-71(74)65-62-59-56-53-50-47-24-21-18-15-12-9-6-3)79-73(76)67-64-61-58-55-52-49-45-26-23-20-17-14-11-8-5-2/h7-12,16-21,25-27,29-30,32-33,35-36,38-39,41-42,44-47,50,52,55-56,59,61,64,70H,4-6,13-15,22-24,28,31,34,37,40,43,48-49,51,53-54,57-58,60,62-63,65-69H2,1-3H3/b10-7-,11-8-,12-9-,19-16-,20-17-,21-18-,27-25-,30-29-,33-32-,36-35-,39-38-,42-41-,45-26-,46-44-,50-47-,55-52-,59-56-,64-61-. The van der Waals surface area contributed by atoms with Gasteiger partial charge in [-0.1, -0.05) is 259 Å². The normalized spacial score (nSPS) is 13.7. The van der Waals surface area contributed by atoms with E-state index >= 15 is 0 Å². The van der Waals surface area contributed by atoms with E-state index in [9.17, 15) is 14.4 Å². The number of carbonyl (C=O) groups is 3.